The maximum absolute atomic E-state index is 12.6. The number of nitrogens with one attached hydrogen (secondary N) is 1. The number of amides is 1. The lowest BCUT2D eigenvalue weighted by Gasteiger charge is -2.28. The van der Waals surface area contributed by atoms with Gasteiger partial charge in [0.25, 0.3) is 5.78 Å². The molecule has 0 spiro atoms. The number of carbonyl (C=O) groups is 1. The van der Waals surface area contributed by atoms with Crippen LogP contribution in [0.5, 0.6) is 0 Å². The number of rotatable bonds is 5. The van der Waals surface area contributed by atoms with E-state index in [2.05, 4.69) is 25.3 Å². The Morgan fingerprint density at radius 1 is 1.17 bits per heavy atom. The molecule has 29 heavy (non-hydrogen) atoms. The molecule has 0 bridgehead atoms. The highest BCUT2D eigenvalue weighted by Crippen LogP contribution is 2.23. The summed E-state index contributed by atoms with van der Waals surface area (Å²) in [6, 6.07) is 9.86. The minimum absolute atomic E-state index is 0.0890. The molecule has 8 nitrogen and oxygen atoms in total. The molecule has 1 amide bonds. The average molecular weight is 413 g/mol. The molecule has 1 atom stereocenters. The van der Waals surface area contributed by atoms with Gasteiger partial charge >= 0.3 is 0 Å². The van der Waals surface area contributed by atoms with E-state index in [4.69, 9.17) is 4.74 Å². The number of anilines is 2. The van der Waals surface area contributed by atoms with Crippen LogP contribution in [0, 0.1) is 13.8 Å². The molecule has 1 fully saturated rings. The van der Waals surface area contributed by atoms with Gasteiger partial charge in [0.2, 0.25) is 11.1 Å². The van der Waals surface area contributed by atoms with Crippen molar-refractivity contribution in [1.29, 1.82) is 0 Å². The molecule has 0 saturated carbocycles. The first-order valence-corrected chi connectivity index (χ1v) is 10.5. The summed E-state index contributed by atoms with van der Waals surface area (Å²) >= 11 is 1.32. The molecular formula is C20H24N6O2S. The summed E-state index contributed by atoms with van der Waals surface area (Å²) in [4.78, 5) is 23.7. The van der Waals surface area contributed by atoms with Crippen LogP contribution < -0.4 is 10.2 Å². The summed E-state index contributed by atoms with van der Waals surface area (Å²) in [5, 5.41) is 7.62. The largest absolute Gasteiger partial charge is 0.378 e. The van der Waals surface area contributed by atoms with E-state index in [9.17, 15) is 4.79 Å². The Hall–Kier alpha value is -2.65. The second-order valence-electron chi connectivity index (χ2n) is 7.04. The quantitative estimate of drug-likeness (QED) is 0.645. The zero-order valence-corrected chi connectivity index (χ0v) is 17.6. The highest BCUT2D eigenvalue weighted by molar-refractivity contribution is 8.00. The first-order chi connectivity index (χ1) is 14.0. The molecule has 0 aliphatic carbocycles. The Labute approximate surface area is 173 Å². The SMILES string of the molecule is Cc1cc(C)n2nc(SC(C)C(=O)Nc3ccc(N4CCOCC4)cc3)nc2n1. The summed E-state index contributed by atoms with van der Waals surface area (Å²) in [5.74, 6) is 0.463. The van der Waals surface area contributed by atoms with Crippen LogP contribution in [0.2, 0.25) is 0 Å². The van der Waals surface area contributed by atoms with Gasteiger partial charge in [0.15, 0.2) is 0 Å². The number of fused-ring (bicyclic) bond motifs is 1. The van der Waals surface area contributed by atoms with Gasteiger partial charge in [0, 0.05) is 35.9 Å². The molecule has 152 valence electrons. The van der Waals surface area contributed by atoms with E-state index in [0.29, 0.717) is 10.9 Å². The Morgan fingerprint density at radius 2 is 1.90 bits per heavy atom. The van der Waals surface area contributed by atoms with E-state index in [-0.39, 0.29) is 11.2 Å². The number of morpholine rings is 1. The van der Waals surface area contributed by atoms with Gasteiger partial charge in [0.05, 0.1) is 18.5 Å². The monoisotopic (exact) mass is 412 g/mol. The fourth-order valence-electron chi connectivity index (χ4n) is 3.23. The van der Waals surface area contributed by atoms with Crippen LogP contribution >= 0.6 is 11.8 Å². The van der Waals surface area contributed by atoms with Crippen LogP contribution in [-0.4, -0.2) is 57.0 Å². The molecule has 1 unspecified atom stereocenters. The lowest BCUT2D eigenvalue weighted by Crippen LogP contribution is -2.36. The van der Waals surface area contributed by atoms with E-state index < -0.39 is 0 Å². The lowest BCUT2D eigenvalue weighted by atomic mass is 10.2. The third-order valence-electron chi connectivity index (χ3n) is 4.76. The zero-order chi connectivity index (χ0) is 20.4. The number of hydrogen-bond acceptors (Lipinski definition) is 7. The van der Waals surface area contributed by atoms with Crippen LogP contribution in [0.15, 0.2) is 35.5 Å². The van der Waals surface area contributed by atoms with Crippen molar-refractivity contribution >= 4 is 34.8 Å². The number of ether oxygens (including phenoxy) is 1. The van der Waals surface area contributed by atoms with E-state index >= 15 is 0 Å². The Kier molecular flexibility index (Phi) is 5.68. The topological polar surface area (TPSA) is 84.7 Å². The molecule has 9 heteroatoms. The predicted molar refractivity (Wildman–Crippen MR) is 114 cm³/mol. The molecule has 3 heterocycles. The molecule has 1 aromatic carbocycles. The summed E-state index contributed by atoms with van der Waals surface area (Å²) in [6.07, 6.45) is 0. The first-order valence-electron chi connectivity index (χ1n) is 9.61. The van der Waals surface area contributed by atoms with Crippen LogP contribution in [0.1, 0.15) is 18.3 Å². The highest BCUT2D eigenvalue weighted by Gasteiger charge is 2.19. The molecule has 1 aliphatic rings. The smallest absolute Gasteiger partial charge is 0.253 e. The fraction of sp³-hybridized carbons (Fsp3) is 0.400. The van der Waals surface area contributed by atoms with Crippen molar-refractivity contribution in [2.45, 2.75) is 31.2 Å². The highest BCUT2D eigenvalue weighted by atomic mass is 32.2. The van der Waals surface area contributed by atoms with Gasteiger partial charge in [-0.15, -0.1) is 5.10 Å². The Balaban J connectivity index is 1.38. The molecular weight excluding hydrogens is 388 g/mol. The number of aromatic nitrogens is 4. The summed E-state index contributed by atoms with van der Waals surface area (Å²) < 4.78 is 7.09. The zero-order valence-electron chi connectivity index (χ0n) is 16.8. The number of hydrogen-bond donors (Lipinski definition) is 1. The van der Waals surface area contributed by atoms with Crippen molar-refractivity contribution in [3.8, 4) is 0 Å². The van der Waals surface area contributed by atoms with Crippen molar-refractivity contribution in [3.63, 3.8) is 0 Å². The lowest BCUT2D eigenvalue weighted by molar-refractivity contribution is -0.115. The number of carbonyl (C=O) groups excluding carboxylic acids is 1. The first kappa shape index (κ1) is 19.7. The van der Waals surface area contributed by atoms with Crippen LogP contribution in [0.3, 0.4) is 0 Å². The number of thioether (sulfide) groups is 1. The van der Waals surface area contributed by atoms with E-state index in [1.165, 1.54) is 11.8 Å². The minimum atomic E-state index is -0.340. The van der Waals surface area contributed by atoms with Crippen molar-refractivity contribution in [2.24, 2.45) is 0 Å². The maximum Gasteiger partial charge on any atom is 0.253 e. The standard InChI is InChI=1S/C20H24N6O2S/c1-13-12-14(2)26-19(21-13)23-20(24-26)29-15(3)18(27)22-16-4-6-17(7-5-16)25-8-10-28-11-9-25/h4-7,12,15H,8-11H2,1-3H3,(H,22,27). The second kappa shape index (κ2) is 8.38. The van der Waals surface area contributed by atoms with E-state index in [1.807, 2.05) is 51.1 Å². The van der Waals surface area contributed by atoms with Gasteiger partial charge in [-0.1, -0.05) is 11.8 Å². The van der Waals surface area contributed by atoms with Gasteiger partial charge in [-0.05, 0) is 51.1 Å². The molecule has 0 radical (unpaired) electrons. The fourth-order valence-corrected chi connectivity index (χ4v) is 3.98. The molecule has 4 rings (SSSR count). The van der Waals surface area contributed by atoms with Crippen molar-refractivity contribution < 1.29 is 9.53 Å². The van der Waals surface area contributed by atoms with Gasteiger partial charge in [-0.3, -0.25) is 4.79 Å². The summed E-state index contributed by atoms with van der Waals surface area (Å²) in [5.41, 5.74) is 3.77. The Bertz CT molecular complexity index is 1010. The number of benzene rings is 1. The molecule has 2 aromatic heterocycles. The van der Waals surface area contributed by atoms with Crippen LogP contribution in [0.25, 0.3) is 5.78 Å². The normalized spacial score (nSPS) is 15.5. The van der Waals surface area contributed by atoms with Crippen molar-refractivity contribution in [3.05, 3.63) is 41.7 Å². The molecule has 1 N–H and O–H groups in total. The van der Waals surface area contributed by atoms with Gasteiger partial charge < -0.3 is 15.0 Å². The molecule has 1 saturated heterocycles. The molecule has 3 aromatic rings. The van der Waals surface area contributed by atoms with Crippen LogP contribution in [-0.2, 0) is 9.53 Å². The number of aryl methyl sites for hydroxylation is 2. The van der Waals surface area contributed by atoms with E-state index in [1.54, 1.807) is 4.52 Å². The molecule has 1 aliphatic heterocycles. The van der Waals surface area contributed by atoms with Crippen molar-refractivity contribution in [1.82, 2.24) is 19.6 Å². The minimum Gasteiger partial charge on any atom is -0.378 e. The summed E-state index contributed by atoms with van der Waals surface area (Å²) in [7, 11) is 0. The summed E-state index contributed by atoms with van der Waals surface area (Å²) in [6.45, 7) is 9.01. The van der Waals surface area contributed by atoms with Gasteiger partial charge in [-0.25, -0.2) is 9.50 Å². The number of nitrogens with zero attached hydrogens (tertiary/aromatic N) is 5. The van der Waals surface area contributed by atoms with E-state index in [0.717, 1.165) is 49.1 Å². The Morgan fingerprint density at radius 3 is 2.62 bits per heavy atom. The van der Waals surface area contributed by atoms with Crippen LogP contribution in [0.4, 0.5) is 11.4 Å². The third-order valence-corrected chi connectivity index (χ3v) is 5.71. The maximum atomic E-state index is 12.6. The third kappa shape index (κ3) is 4.51. The van der Waals surface area contributed by atoms with Crippen molar-refractivity contribution in [2.75, 3.05) is 36.5 Å². The van der Waals surface area contributed by atoms with Gasteiger partial charge in [-0.2, -0.15) is 4.98 Å². The van der Waals surface area contributed by atoms with Gasteiger partial charge in [0.1, 0.15) is 0 Å². The average Bonchev–Trinajstić information content (AvgIpc) is 3.12. The second-order valence-corrected chi connectivity index (χ2v) is 8.35. The predicted octanol–water partition coefficient (Wildman–Crippen LogP) is 2.70.